The maximum atomic E-state index is 14.4. The molecule has 2 heterocycles. The average Bonchev–Trinajstić information content (AvgIpc) is 3.40. The molecule has 2 aliphatic rings. The number of rotatable bonds is 10. The van der Waals surface area contributed by atoms with Crippen LogP contribution in [0.5, 0.6) is 0 Å². The summed E-state index contributed by atoms with van der Waals surface area (Å²) in [6.45, 7) is 4.68. The van der Waals surface area contributed by atoms with Crippen LogP contribution in [0.4, 0.5) is 10.1 Å². The largest absolute Gasteiger partial charge is 0.481 e. The van der Waals surface area contributed by atoms with Gasteiger partial charge in [-0.25, -0.2) is 4.39 Å². The number of aromatic nitrogens is 1. The van der Waals surface area contributed by atoms with Gasteiger partial charge in [-0.15, -0.1) is 0 Å². The van der Waals surface area contributed by atoms with Gasteiger partial charge in [0.25, 0.3) is 5.91 Å². The van der Waals surface area contributed by atoms with Crippen molar-refractivity contribution >= 4 is 17.6 Å². The number of carbonyl (C=O) groups is 2. The SMILES string of the molecule is CC(C)c1c(C(=O)Nc2ccccc2)c(-c2ccccc2)c(-c2ccc(F)cc2)n1CCC1CC(CC(=O)O)OC2(CCCCC2)O1. The molecule has 246 valence electrons. The number of hydrogen-bond donors (Lipinski definition) is 2. The number of para-hydroxylation sites is 1. The molecule has 3 aromatic carbocycles. The maximum Gasteiger partial charge on any atom is 0.305 e. The molecule has 4 aromatic rings. The van der Waals surface area contributed by atoms with E-state index in [2.05, 4.69) is 23.7 Å². The molecule has 2 atom stereocenters. The number of ether oxygens (including phenoxy) is 2. The second-order valence-corrected chi connectivity index (χ2v) is 13.1. The van der Waals surface area contributed by atoms with Gasteiger partial charge in [-0.2, -0.15) is 0 Å². The highest BCUT2D eigenvalue weighted by molar-refractivity contribution is 6.12. The minimum Gasteiger partial charge on any atom is -0.481 e. The third kappa shape index (κ3) is 7.34. The maximum absolute atomic E-state index is 14.4. The number of benzene rings is 3. The average molecular weight is 639 g/mol. The zero-order valence-corrected chi connectivity index (χ0v) is 27.1. The van der Waals surface area contributed by atoms with Crippen molar-refractivity contribution in [3.8, 4) is 22.4 Å². The van der Waals surface area contributed by atoms with Crippen molar-refractivity contribution in [1.29, 1.82) is 0 Å². The predicted octanol–water partition coefficient (Wildman–Crippen LogP) is 9.04. The first kappa shape index (κ1) is 32.7. The highest BCUT2D eigenvalue weighted by Gasteiger charge is 2.44. The number of nitrogens with zero attached hydrogens (tertiary/aromatic N) is 1. The molecule has 1 spiro atoms. The molecule has 0 bridgehead atoms. The topological polar surface area (TPSA) is 89.8 Å². The first-order chi connectivity index (χ1) is 22.7. The molecule has 2 fully saturated rings. The van der Waals surface area contributed by atoms with E-state index in [-0.39, 0.29) is 30.2 Å². The summed E-state index contributed by atoms with van der Waals surface area (Å²) in [4.78, 5) is 26.1. The van der Waals surface area contributed by atoms with E-state index in [0.29, 0.717) is 30.6 Å². The van der Waals surface area contributed by atoms with Crippen LogP contribution >= 0.6 is 0 Å². The van der Waals surface area contributed by atoms with Crippen LogP contribution in [0.1, 0.15) is 87.2 Å². The molecule has 7 nitrogen and oxygen atoms in total. The minimum absolute atomic E-state index is 0.0387. The number of anilines is 1. The second-order valence-electron chi connectivity index (χ2n) is 13.1. The Hall–Kier alpha value is -4.27. The first-order valence-corrected chi connectivity index (χ1v) is 16.7. The van der Waals surface area contributed by atoms with Crippen molar-refractivity contribution < 1.29 is 28.6 Å². The van der Waals surface area contributed by atoms with Crippen LogP contribution in [-0.4, -0.2) is 39.5 Å². The summed E-state index contributed by atoms with van der Waals surface area (Å²) in [5.41, 5.74) is 5.45. The quantitative estimate of drug-likeness (QED) is 0.181. The summed E-state index contributed by atoms with van der Waals surface area (Å²) < 4.78 is 29.5. The summed E-state index contributed by atoms with van der Waals surface area (Å²) >= 11 is 0. The van der Waals surface area contributed by atoms with Crippen LogP contribution < -0.4 is 5.32 Å². The van der Waals surface area contributed by atoms with E-state index in [1.54, 1.807) is 12.1 Å². The van der Waals surface area contributed by atoms with Gasteiger partial charge >= 0.3 is 5.97 Å². The second kappa shape index (κ2) is 14.2. The molecule has 1 saturated carbocycles. The Balaban J connectivity index is 1.47. The molecular formula is C39H43FN2O5. The lowest BCUT2D eigenvalue weighted by molar-refractivity contribution is -0.329. The molecular weight excluding hydrogens is 595 g/mol. The zero-order chi connectivity index (χ0) is 33.0. The number of aliphatic carboxylic acids is 1. The van der Waals surface area contributed by atoms with E-state index in [1.165, 1.54) is 12.1 Å². The van der Waals surface area contributed by atoms with Gasteiger partial charge < -0.3 is 24.5 Å². The van der Waals surface area contributed by atoms with E-state index < -0.39 is 17.9 Å². The van der Waals surface area contributed by atoms with Crippen molar-refractivity contribution in [3.63, 3.8) is 0 Å². The van der Waals surface area contributed by atoms with Gasteiger partial charge in [0, 0.05) is 42.8 Å². The number of carboxylic acid groups (broad SMARTS) is 1. The minimum atomic E-state index is -0.880. The number of amides is 1. The fourth-order valence-corrected chi connectivity index (χ4v) is 7.33. The molecule has 1 aliphatic carbocycles. The van der Waals surface area contributed by atoms with Crippen molar-refractivity contribution in [1.82, 2.24) is 4.57 Å². The molecule has 47 heavy (non-hydrogen) atoms. The van der Waals surface area contributed by atoms with Crippen LogP contribution in [0.25, 0.3) is 22.4 Å². The number of halogens is 1. The van der Waals surface area contributed by atoms with Crippen molar-refractivity contribution in [2.75, 3.05) is 5.32 Å². The third-order valence-electron chi connectivity index (χ3n) is 9.27. The van der Waals surface area contributed by atoms with Crippen molar-refractivity contribution in [2.45, 2.75) is 95.7 Å². The zero-order valence-electron chi connectivity index (χ0n) is 27.1. The lowest BCUT2D eigenvalue weighted by Gasteiger charge is -2.46. The molecule has 1 aliphatic heterocycles. The van der Waals surface area contributed by atoms with Crippen LogP contribution in [0.3, 0.4) is 0 Å². The molecule has 1 aromatic heterocycles. The normalized spacial score (nSPS) is 19.1. The van der Waals surface area contributed by atoms with E-state index in [1.807, 2.05) is 60.7 Å². The molecule has 0 radical (unpaired) electrons. The number of hydrogen-bond acceptors (Lipinski definition) is 4. The van der Waals surface area contributed by atoms with Crippen LogP contribution in [0.15, 0.2) is 84.9 Å². The Morgan fingerprint density at radius 3 is 2.17 bits per heavy atom. The van der Waals surface area contributed by atoms with E-state index in [4.69, 9.17) is 9.47 Å². The Labute approximate surface area is 275 Å². The first-order valence-electron chi connectivity index (χ1n) is 16.7. The van der Waals surface area contributed by atoms with Crippen LogP contribution in [-0.2, 0) is 20.8 Å². The summed E-state index contributed by atoms with van der Waals surface area (Å²) in [5, 5.41) is 12.8. The molecule has 2 N–H and O–H groups in total. The Bertz CT molecular complexity index is 1680. The highest BCUT2D eigenvalue weighted by Crippen LogP contribution is 2.44. The standard InChI is InChI=1S/C39H43FN2O5/c1-26(2)36-35(38(45)41-30-14-8-4-9-15-30)34(27-12-6-3-7-13-27)37(28-16-18-29(40)19-17-28)42(36)23-20-31-24-32(25-33(43)44)47-39(46-31)21-10-5-11-22-39/h3-4,6-9,12-19,26,31-32H,5,10-11,20-25H2,1-2H3,(H,41,45)(H,43,44). The van der Waals surface area contributed by atoms with Gasteiger partial charge in [-0.1, -0.05) is 68.8 Å². The lowest BCUT2D eigenvalue weighted by Crippen LogP contribution is -2.50. The summed E-state index contributed by atoms with van der Waals surface area (Å²) in [7, 11) is 0. The van der Waals surface area contributed by atoms with Gasteiger partial charge in [0.05, 0.1) is 29.9 Å². The number of carbonyl (C=O) groups excluding carboxylic acids is 1. The van der Waals surface area contributed by atoms with Gasteiger partial charge in [-0.05, 0) is 72.7 Å². The molecule has 6 rings (SSSR count). The van der Waals surface area contributed by atoms with Crippen LogP contribution in [0, 0.1) is 5.82 Å². The molecule has 2 unspecified atom stereocenters. The van der Waals surface area contributed by atoms with Gasteiger partial charge in [0.1, 0.15) is 5.82 Å². The van der Waals surface area contributed by atoms with E-state index in [0.717, 1.165) is 60.2 Å². The van der Waals surface area contributed by atoms with Gasteiger partial charge in [0.2, 0.25) is 0 Å². The van der Waals surface area contributed by atoms with Gasteiger partial charge in [-0.3, -0.25) is 9.59 Å². The van der Waals surface area contributed by atoms with E-state index >= 15 is 0 Å². The monoisotopic (exact) mass is 638 g/mol. The van der Waals surface area contributed by atoms with Gasteiger partial charge in [0.15, 0.2) is 5.79 Å². The van der Waals surface area contributed by atoms with Crippen molar-refractivity contribution in [3.05, 3.63) is 102 Å². The smallest absolute Gasteiger partial charge is 0.305 e. The molecule has 1 saturated heterocycles. The highest BCUT2D eigenvalue weighted by atomic mass is 19.1. The van der Waals surface area contributed by atoms with Crippen LogP contribution in [0.2, 0.25) is 0 Å². The Morgan fingerprint density at radius 2 is 1.53 bits per heavy atom. The van der Waals surface area contributed by atoms with E-state index in [9.17, 15) is 19.1 Å². The van der Waals surface area contributed by atoms with Crippen molar-refractivity contribution in [2.24, 2.45) is 0 Å². The predicted molar refractivity (Wildman–Crippen MR) is 181 cm³/mol. The Morgan fingerprint density at radius 1 is 0.894 bits per heavy atom. The fourth-order valence-electron chi connectivity index (χ4n) is 7.33. The lowest BCUT2D eigenvalue weighted by atomic mass is 9.91. The molecule has 8 heteroatoms. The third-order valence-corrected chi connectivity index (χ3v) is 9.27. The number of nitrogens with one attached hydrogen (secondary N) is 1. The summed E-state index contributed by atoms with van der Waals surface area (Å²) in [5.74, 6) is -2.23. The summed E-state index contributed by atoms with van der Waals surface area (Å²) in [6, 6.07) is 25.7. The fraction of sp³-hybridized carbons (Fsp3) is 0.385. The number of carboxylic acids is 1. The summed E-state index contributed by atoms with van der Waals surface area (Å²) in [6.07, 6.45) is 4.94. The Kier molecular flexibility index (Phi) is 9.89. The molecule has 1 amide bonds.